The van der Waals surface area contributed by atoms with E-state index in [1.807, 2.05) is 25.1 Å². The van der Waals surface area contributed by atoms with Crippen LogP contribution in [-0.2, 0) is 9.53 Å². The minimum Gasteiger partial charge on any atom is -0.453 e. The van der Waals surface area contributed by atoms with Crippen LogP contribution in [-0.4, -0.2) is 71.3 Å². The lowest BCUT2D eigenvalue weighted by Crippen LogP contribution is -2.56. The zero-order chi connectivity index (χ0) is 23.5. The molecule has 1 aliphatic rings. The van der Waals surface area contributed by atoms with Gasteiger partial charge in [0.1, 0.15) is 0 Å². The molecule has 170 valence electrons. The number of fused-ring (bicyclic) bond motifs is 1. The van der Waals surface area contributed by atoms with Crippen LogP contribution in [0.5, 0.6) is 0 Å². The van der Waals surface area contributed by atoms with Gasteiger partial charge in [-0.25, -0.2) is 4.79 Å². The number of carbonyl (C=O) groups is 4. The molecule has 3 aromatic rings. The molecule has 1 saturated heterocycles. The molecule has 1 aliphatic heterocycles. The van der Waals surface area contributed by atoms with E-state index in [2.05, 4.69) is 15.0 Å². The number of aromatic amines is 1. The number of rotatable bonds is 4. The van der Waals surface area contributed by atoms with Crippen LogP contribution in [0.1, 0.15) is 27.6 Å². The number of nitrogens with one attached hydrogen (secondary N) is 2. The first-order valence-corrected chi connectivity index (χ1v) is 10.6. The van der Waals surface area contributed by atoms with Crippen molar-refractivity contribution in [3.8, 4) is 0 Å². The van der Waals surface area contributed by atoms with Crippen LogP contribution in [0.15, 0.2) is 54.7 Å². The fourth-order valence-corrected chi connectivity index (χ4v) is 4.06. The number of aromatic nitrogens is 1. The van der Waals surface area contributed by atoms with E-state index in [4.69, 9.17) is 0 Å². The molecule has 3 amide bonds. The van der Waals surface area contributed by atoms with E-state index < -0.39 is 17.8 Å². The van der Waals surface area contributed by atoms with Gasteiger partial charge in [-0.15, -0.1) is 0 Å². The van der Waals surface area contributed by atoms with Gasteiger partial charge >= 0.3 is 6.09 Å². The third kappa shape index (κ3) is 4.30. The molecule has 4 rings (SSSR count). The fourth-order valence-electron chi connectivity index (χ4n) is 4.06. The summed E-state index contributed by atoms with van der Waals surface area (Å²) in [5.41, 5.74) is 1.77. The smallest absolute Gasteiger partial charge is 0.411 e. The Balaban J connectivity index is 1.49. The number of Topliss-reactive ketones (excluding diaryl/α,β-unsaturated/α-hetero) is 1. The number of piperazine rings is 1. The van der Waals surface area contributed by atoms with Crippen molar-refractivity contribution in [3.05, 3.63) is 65.9 Å². The number of ether oxygens (including phenoxy) is 1. The summed E-state index contributed by atoms with van der Waals surface area (Å²) in [4.78, 5) is 56.6. The molecule has 1 aromatic heterocycles. The van der Waals surface area contributed by atoms with Gasteiger partial charge in [-0.05, 0) is 25.1 Å². The molecule has 1 unspecified atom stereocenters. The van der Waals surface area contributed by atoms with Crippen LogP contribution in [0.25, 0.3) is 10.9 Å². The summed E-state index contributed by atoms with van der Waals surface area (Å²) in [6, 6.07) is 13.7. The molecule has 0 radical (unpaired) electrons. The maximum Gasteiger partial charge on any atom is 0.411 e. The summed E-state index contributed by atoms with van der Waals surface area (Å²) in [5, 5.41) is 3.10. The number of anilines is 1. The molecular weight excluding hydrogens is 424 g/mol. The third-order valence-electron chi connectivity index (χ3n) is 5.77. The molecule has 0 saturated carbocycles. The molecule has 33 heavy (non-hydrogen) atoms. The Bertz CT molecular complexity index is 1220. The SMILES string of the molecule is COC(=O)Nc1cccc2c(C(=O)C(=O)N3CCN(C(=O)c4ccccc4)CC3C)c[nH]c12. The van der Waals surface area contributed by atoms with Crippen molar-refractivity contribution in [1.29, 1.82) is 0 Å². The van der Waals surface area contributed by atoms with Gasteiger partial charge in [0.25, 0.3) is 17.6 Å². The summed E-state index contributed by atoms with van der Waals surface area (Å²) in [7, 11) is 1.26. The van der Waals surface area contributed by atoms with Crippen LogP contribution in [0.4, 0.5) is 10.5 Å². The summed E-state index contributed by atoms with van der Waals surface area (Å²) in [6.07, 6.45) is 0.825. The number of ketones is 1. The maximum absolute atomic E-state index is 13.1. The molecule has 2 heterocycles. The van der Waals surface area contributed by atoms with Gasteiger partial charge in [0.05, 0.1) is 23.9 Å². The quantitative estimate of drug-likeness (QED) is 0.471. The van der Waals surface area contributed by atoms with Crippen molar-refractivity contribution in [2.24, 2.45) is 0 Å². The molecule has 1 atom stereocenters. The second-order valence-corrected chi connectivity index (χ2v) is 7.84. The highest BCUT2D eigenvalue weighted by Gasteiger charge is 2.34. The van der Waals surface area contributed by atoms with E-state index in [1.54, 1.807) is 35.2 Å². The van der Waals surface area contributed by atoms with Crippen LogP contribution < -0.4 is 5.32 Å². The van der Waals surface area contributed by atoms with Crippen molar-refractivity contribution >= 4 is 40.3 Å². The zero-order valence-electron chi connectivity index (χ0n) is 18.3. The van der Waals surface area contributed by atoms with Crippen LogP contribution in [0, 0.1) is 0 Å². The molecule has 0 aliphatic carbocycles. The van der Waals surface area contributed by atoms with E-state index >= 15 is 0 Å². The molecule has 9 nitrogen and oxygen atoms in total. The molecule has 2 aromatic carbocycles. The number of hydrogen-bond acceptors (Lipinski definition) is 5. The van der Waals surface area contributed by atoms with Crippen LogP contribution in [0.3, 0.4) is 0 Å². The number of benzene rings is 2. The second-order valence-electron chi connectivity index (χ2n) is 7.84. The second kappa shape index (κ2) is 9.15. The van der Waals surface area contributed by atoms with Crippen LogP contribution in [0.2, 0.25) is 0 Å². The molecule has 2 N–H and O–H groups in total. The number of hydrogen-bond donors (Lipinski definition) is 2. The fraction of sp³-hybridized carbons (Fsp3) is 0.250. The summed E-state index contributed by atoms with van der Waals surface area (Å²) in [5.74, 6) is -1.36. The Kier molecular flexibility index (Phi) is 6.12. The summed E-state index contributed by atoms with van der Waals surface area (Å²) in [6.45, 7) is 2.77. The predicted octanol–water partition coefficient (Wildman–Crippen LogP) is 2.90. The topological polar surface area (TPSA) is 112 Å². The summed E-state index contributed by atoms with van der Waals surface area (Å²) < 4.78 is 4.62. The highest BCUT2D eigenvalue weighted by atomic mass is 16.5. The van der Waals surface area contributed by atoms with E-state index in [0.29, 0.717) is 35.2 Å². The average molecular weight is 448 g/mol. The van der Waals surface area contributed by atoms with Crippen LogP contribution >= 0.6 is 0 Å². The Morgan fingerprint density at radius 1 is 1.03 bits per heavy atom. The first-order chi connectivity index (χ1) is 15.9. The molecule has 0 spiro atoms. The summed E-state index contributed by atoms with van der Waals surface area (Å²) >= 11 is 0. The number of carbonyl (C=O) groups excluding carboxylic acids is 4. The highest BCUT2D eigenvalue weighted by molar-refractivity contribution is 6.45. The molecular formula is C24H24N4O5. The number of para-hydroxylation sites is 1. The first-order valence-electron chi connectivity index (χ1n) is 10.6. The van der Waals surface area contributed by atoms with Crippen molar-refractivity contribution in [1.82, 2.24) is 14.8 Å². The lowest BCUT2D eigenvalue weighted by Gasteiger charge is -2.39. The Hall–Kier alpha value is -4.14. The van der Waals surface area contributed by atoms with E-state index in [-0.39, 0.29) is 24.1 Å². The molecule has 1 fully saturated rings. The number of methoxy groups -OCH3 is 1. The minimum absolute atomic E-state index is 0.0943. The van der Waals surface area contributed by atoms with Gasteiger partial charge in [0.15, 0.2) is 0 Å². The van der Waals surface area contributed by atoms with Crippen molar-refractivity contribution < 1.29 is 23.9 Å². The van der Waals surface area contributed by atoms with Gasteiger partial charge in [-0.3, -0.25) is 19.7 Å². The van der Waals surface area contributed by atoms with Crippen molar-refractivity contribution in [3.63, 3.8) is 0 Å². The van der Waals surface area contributed by atoms with Crippen molar-refractivity contribution in [2.75, 3.05) is 32.1 Å². The Morgan fingerprint density at radius 3 is 2.48 bits per heavy atom. The van der Waals surface area contributed by atoms with E-state index in [9.17, 15) is 19.2 Å². The van der Waals surface area contributed by atoms with Gasteiger partial charge in [-0.1, -0.05) is 30.3 Å². The first kappa shape index (κ1) is 22.1. The highest BCUT2D eigenvalue weighted by Crippen LogP contribution is 2.27. The standard InChI is InChI=1S/C24H24N4O5/c1-15-14-27(22(30)16-7-4-3-5-8-16)11-12-28(15)23(31)21(29)18-13-25-20-17(18)9-6-10-19(20)26-24(32)33-2/h3-10,13,15,25H,11-12,14H2,1-2H3,(H,26,32). The van der Waals surface area contributed by atoms with Crippen molar-refractivity contribution in [2.45, 2.75) is 13.0 Å². The lowest BCUT2D eigenvalue weighted by atomic mass is 10.1. The number of amides is 3. The van der Waals surface area contributed by atoms with Gasteiger partial charge in [0, 0.05) is 42.8 Å². The Labute approximate surface area is 190 Å². The predicted molar refractivity (Wildman–Crippen MR) is 122 cm³/mol. The maximum atomic E-state index is 13.1. The minimum atomic E-state index is -0.647. The third-order valence-corrected chi connectivity index (χ3v) is 5.77. The number of nitrogens with zero attached hydrogens (tertiary/aromatic N) is 2. The zero-order valence-corrected chi connectivity index (χ0v) is 18.3. The lowest BCUT2D eigenvalue weighted by molar-refractivity contribution is -0.130. The largest absolute Gasteiger partial charge is 0.453 e. The monoisotopic (exact) mass is 448 g/mol. The Morgan fingerprint density at radius 2 is 1.79 bits per heavy atom. The van der Waals surface area contributed by atoms with E-state index in [0.717, 1.165) is 0 Å². The van der Waals surface area contributed by atoms with Gasteiger partial charge in [0.2, 0.25) is 0 Å². The molecule has 9 heteroatoms. The molecule has 0 bridgehead atoms. The van der Waals surface area contributed by atoms with Gasteiger partial charge < -0.3 is 19.5 Å². The normalized spacial score (nSPS) is 15.9. The number of H-pyrrole nitrogens is 1. The van der Waals surface area contributed by atoms with E-state index in [1.165, 1.54) is 18.2 Å². The van der Waals surface area contributed by atoms with Gasteiger partial charge in [-0.2, -0.15) is 0 Å². The average Bonchev–Trinajstić information content (AvgIpc) is 3.28.